The van der Waals surface area contributed by atoms with Gasteiger partial charge in [-0.1, -0.05) is 168 Å². The predicted octanol–water partition coefficient (Wildman–Crippen LogP) is 11.7. The Morgan fingerprint density at radius 1 is 0.444 bits per heavy atom. The van der Waals surface area contributed by atoms with Crippen LogP contribution >= 0.6 is 9.47 Å². The topological polar surface area (TPSA) is 9.23 Å². The maximum absolute atomic E-state index is 6.10. The zero-order valence-electron chi connectivity index (χ0n) is 25.9. The van der Waals surface area contributed by atoms with Gasteiger partial charge < -0.3 is 18.5 Å². The van der Waals surface area contributed by atoms with Crippen molar-refractivity contribution in [3.8, 4) is 0 Å². The van der Waals surface area contributed by atoms with E-state index in [0.717, 1.165) is 11.0 Å². The summed E-state index contributed by atoms with van der Waals surface area (Å²) >= 11 is 0. The third kappa shape index (κ3) is 24.7. The van der Waals surface area contributed by atoms with Crippen molar-refractivity contribution in [1.82, 2.24) is 0 Å². The number of unbranched alkanes of at least 4 members (excludes halogenated alkanes) is 22. The van der Waals surface area contributed by atoms with Crippen molar-refractivity contribution in [1.29, 1.82) is 0 Å². The van der Waals surface area contributed by atoms with Crippen molar-refractivity contribution in [2.75, 3.05) is 27.7 Å². The van der Waals surface area contributed by atoms with Crippen LogP contribution in [0, 0.1) is 0 Å². The molecule has 218 valence electrons. The van der Waals surface area contributed by atoms with E-state index >= 15 is 0 Å². The molecule has 0 aromatic rings. The first-order valence-electron chi connectivity index (χ1n) is 16.5. The lowest BCUT2D eigenvalue weighted by Gasteiger charge is -2.42. The highest BCUT2D eigenvalue weighted by molar-refractivity contribution is 7.09. The minimum atomic E-state index is -0.00782. The summed E-state index contributed by atoms with van der Waals surface area (Å²) < 4.78 is 7.08. The van der Waals surface area contributed by atoms with E-state index in [-0.39, 0.29) is 5.60 Å². The highest BCUT2D eigenvalue weighted by atomic mass is 31.0. The summed E-state index contributed by atoms with van der Waals surface area (Å²) in [5.41, 5.74) is -0.00782. The number of hydrogen-bond acceptors (Lipinski definition) is 1. The standard InChI is InChI=1S/C33H70NOP/c1-6-8-10-12-14-16-18-20-22-24-26-28-30-33(35-36,32-34(3,4)5)31-29-27-25-23-21-19-17-15-13-11-9-7-2/h36H,6-32H2,1-5H3. The molecule has 0 fully saturated rings. The van der Waals surface area contributed by atoms with E-state index in [1.807, 2.05) is 0 Å². The van der Waals surface area contributed by atoms with Gasteiger partial charge in [0.25, 0.3) is 0 Å². The van der Waals surface area contributed by atoms with Gasteiger partial charge in [-0.15, -0.1) is 0 Å². The van der Waals surface area contributed by atoms with Crippen LogP contribution in [0.1, 0.15) is 181 Å². The summed E-state index contributed by atoms with van der Waals surface area (Å²) in [4.78, 5) is 0. The molecule has 0 saturated heterocycles. The van der Waals surface area contributed by atoms with Crippen LogP contribution in [0.4, 0.5) is 0 Å². The van der Waals surface area contributed by atoms with E-state index in [1.165, 1.54) is 167 Å². The molecule has 0 bridgehead atoms. The molecule has 0 aliphatic carbocycles. The lowest BCUT2D eigenvalue weighted by atomic mass is 9.88. The normalized spacial score (nSPS) is 12.5. The van der Waals surface area contributed by atoms with Gasteiger partial charge in [0.05, 0.1) is 26.7 Å². The van der Waals surface area contributed by atoms with E-state index in [2.05, 4.69) is 44.5 Å². The molecule has 0 spiro atoms. The molecule has 0 heterocycles. The highest BCUT2D eigenvalue weighted by Gasteiger charge is 2.32. The van der Waals surface area contributed by atoms with E-state index in [9.17, 15) is 0 Å². The molecule has 0 unspecified atom stereocenters. The van der Waals surface area contributed by atoms with Crippen molar-refractivity contribution in [2.24, 2.45) is 0 Å². The summed E-state index contributed by atoms with van der Waals surface area (Å²) in [7, 11) is 10.5. The first kappa shape index (κ1) is 36.4. The largest absolute Gasteiger partial charge is 0.552 e. The Morgan fingerprint density at radius 2 is 0.694 bits per heavy atom. The molecule has 36 heavy (non-hydrogen) atoms. The van der Waals surface area contributed by atoms with Crippen molar-refractivity contribution in [2.45, 2.75) is 186 Å². The van der Waals surface area contributed by atoms with Gasteiger partial charge in [-0.05, 0) is 12.8 Å². The van der Waals surface area contributed by atoms with Crippen molar-refractivity contribution in [3.05, 3.63) is 0 Å². The fourth-order valence-electron chi connectivity index (χ4n) is 5.86. The Morgan fingerprint density at radius 3 is 0.917 bits per heavy atom. The monoisotopic (exact) mass is 528 g/mol. The van der Waals surface area contributed by atoms with Gasteiger partial charge in [0, 0.05) is 0 Å². The minimum Gasteiger partial charge on any atom is -0.552 e. The van der Waals surface area contributed by atoms with Crippen molar-refractivity contribution < 1.29 is 9.01 Å². The summed E-state index contributed by atoms with van der Waals surface area (Å²) in [5, 5.41) is 0. The fraction of sp³-hybridized carbons (Fsp3) is 1.00. The van der Waals surface area contributed by atoms with Crippen molar-refractivity contribution in [3.63, 3.8) is 0 Å². The second-order valence-electron chi connectivity index (χ2n) is 13.0. The van der Waals surface area contributed by atoms with Crippen LogP contribution in [-0.2, 0) is 4.52 Å². The SMILES string of the molecule is CCCCCCCCCCCCCCC(CCCCCCCCCCCCCC)(C[N+](C)(C)C)O[PH-]. The number of quaternary nitrogens is 1. The maximum Gasteiger partial charge on any atom is 0.105 e. The zero-order chi connectivity index (χ0) is 26.8. The van der Waals surface area contributed by atoms with E-state index in [0.29, 0.717) is 0 Å². The van der Waals surface area contributed by atoms with Gasteiger partial charge in [-0.25, -0.2) is 0 Å². The Labute approximate surface area is 232 Å². The average molecular weight is 528 g/mol. The Hall–Kier alpha value is 0.350. The Balaban J connectivity index is 3.98. The third-order valence-electron chi connectivity index (χ3n) is 7.95. The summed E-state index contributed by atoms with van der Waals surface area (Å²) in [5.74, 6) is 0. The molecule has 0 atom stereocenters. The molecule has 0 saturated carbocycles. The van der Waals surface area contributed by atoms with Crippen molar-refractivity contribution >= 4 is 9.47 Å². The van der Waals surface area contributed by atoms with Crippen LogP contribution in [0.5, 0.6) is 0 Å². The second kappa shape index (κ2) is 25.6. The summed E-state index contributed by atoms with van der Waals surface area (Å²) in [6.45, 7) is 5.69. The van der Waals surface area contributed by atoms with Gasteiger partial charge in [0.15, 0.2) is 0 Å². The second-order valence-corrected chi connectivity index (χ2v) is 13.2. The predicted molar refractivity (Wildman–Crippen MR) is 166 cm³/mol. The lowest BCUT2D eigenvalue weighted by molar-refractivity contribution is -0.876. The first-order valence-corrected chi connectivity index (χ1v) is 16.9. The van der Waals surface area contributed by atoms with Crippen LogP contribution < -0.4 is 0 Å². The minimum absolute atomic E-state index is 0.00782. The number of hydrogen-bond donors (Lipinski definition) is 0. The molecule has 0 rings (SSSR count). The van der Waals surface area contributed by atoms with Crippen LogP contribution in [-0.4, -0.2) is 37.8 Å². The molecular weight excluding hydrogens is 457 g/mol. The zero-order valence-corrected chi connectivity index (χ0v) is 26.9. The van der Waals surface area contributed by atoms with Gasteiger partial charge in [0.1, 0.15) is 6.54 Å². The molecular formula is C33H70NOP. The number of rotatable bonds is 29. The van der Waals surface area contributed by atoms with Gasteiger partial charge in [-0.3, -0.25) is 0 Å². The summed E-state index contributed by atoms with van der Waals surface area (Å²) in [6, 6.07) is 0. The molecule has 0 aliphatic heterocycles. The van der Waals surface area contributed by atoms with Crippen LogP contribution in [0.3, 0.4) is 0 Å². The molecule has 0 aromatic carbocycles. The first-order chi connectivity index (χ1) is 17.4. The fourth-order valence-corrected chi connectivity index (χ4v) is 6.13. The van der Waals surface area contributed by atoms with Crippen LogP contribution in [0.25, 0.3) is 0 Å². The molecule has 0 amide bonds. The molecule has 2 nitrogen and oxygen atoms in total. The van der Waals surface area contributed by atoms with E-state index in [4.69, 9.17) is 4.52 Å². The number of likely N-dealkylation sites (N-methyl/N-ethyl adjacent to an activating group) is 1. The molecule has 0 aliphatic rings. The summed E-state index contributed by atoms with van der Waals surface area (Å²) in [6.07, 6.45) is 36.3. The van der Waals surface area contributed by atoms with Gasteiger partial charge >= 0.3 is 0 Å². The molecule has 0 radical (unpaired) electrons. The van der Waals surface area contributed by atoms with E-state index < -0.39 is 0 Å². The number of nitrogens with zero attached hydrogens (tertiary/aromatic N) is 1. The van der Waals surface area contributed by atoms with Gasteiger partial charge in [0.2, 0.25) is 0 Å². The smallest absolute Gasteiger partial charge is 0.105 e. The van der Waals surface area contributed by atoms with E-state index in [1.54, 1.807) is 0 Å². The Kier molecular flexibility index (Phi) is 25.9. The van der Waals surface area contributed by atoms with Gasteiger partial charge in [-0.2, -0.15) is 0 Å². The quantitative estimate of drug-likeness (QED) is 0.0534. The Bertz CT molecular complexity index is 406. The molecule has 0 N–H and O–H groups in total. The molecule has 3 heteroatoms. The molecule has 0 aromatic heterocycles. The average Bonchev–Trinajstić information content (AvgIpc) is 2.84. The highest BCUT2D eigenvalue weighted by Crippen LogP contribution is 2.31. The third-order valence-corrected chi connectivity index (χ3v) is 8.38. The maximum atomic E-state index is 6.10. The van der Waals surface area contributed by atoms with Crippen LogP contribution in [0.2, 0.25) is 0 Å². The lowest BCUT2D eigenvalue weighted by Crippen LogP contribution is -2.49. The van der Waals surface area contributed by atoms with Crippen LogP contribution in [0.15, 0.2) is 0 Å².